The molecule has 2 aliphatic heterocycles. The van der Waals surface area contributed by atoms with Gasteiger partial charge in [-0.3, -0.25) is 0 Å². The van der Waals surface area contributed by atoms with Crippen molar-refractivity contribution >= 4 is 17.1 Å². The third kappa shape index (κ3) is 6.13. The van der Waals surface area contributed by atoms with Gasteiger partial charge in [0.05, 0.1) is 5.41 Å². The number of para-hydroxylation sites is 2. The molecular formula is C41H53N2+. The lowest BCUT2D eigenvalue weighted by Crippen LogP contribution is -2.31. The van der Waals surface area contributed by atoms with E-state index in [-0.39, 0.29) is 10.8 Å². The topological polar surface area (TPSA) is 6.25 Å². The first-order valence-electron chi connectivity index (χ1n) is 17.2. The molecule has 0 aromatic heterocycles. The lowest BCUT2D eigenvalue weighted by Gasteiger charge is -2.32. The van der Waals surface area contributed by atoms with Gasteiger partial charge in [-0.25, -0.2) is 0 Å². The number of benzene rings is 2. The Morgan fingerprint density at radius 1 is 0.674 bits per heavy atom. The molecule has 2 aromatic rings. The summed E-state index contributed by atoms with van der Waals surface area (Å²) in [6, 6.07) is 18.1. The fourth-order valence-electron chi connectivity index (χ4n) is 8.42. The Kier molecular flexibility index (Phi) is 8.94. The quantitative estimate of drug-likeness (QED) is 0.225. The van der Waals surface area contributed by atoms with Gasteiger partial charge in [-0.2, -0.15) is 4.58 Å². The summed E-state index contributed by atoms with van der Waals surface area (Å²) in [5.41, 5.74) is 8.62. The molecule has 2 saturated carbocycles. The van der Waals surface area contributed by atoms with E-state index in [4.69, 9.17) is 0 Å². The van der Waals surface area contributed by atoms with Crippen molar-refractivity contribution < 1.29 is 4.58 Å². The van der Waals surface area contributed by atoms with E-state index >= 15 is 0 Å². The third-order valence-corrected chi connectivity index (χ3v) is 10.9. The van der Waals surface area contributed by atoms with Crippen LogP contribution in [0, 0.1) is 11.8 Å². The number of nitrogens with zero attached hydrogens (tertiary/aromatic N) is 2. The zero-order valence-corrected chi connectivity index (χ0v) is 27.2. The van der Waals surface area contributed by atoms with Gasteiger partial charge in [0.1, 0.15) is 0 Å². The van der Waals surface area contributed by atoms with Crippen molar-refractivity contribution in [3.8, 4) is 0 Å². The van der Waals surface area contributed by atoms with E-state index in [1.165, 1.54) is 98.1 Å². The minimum atomic E-state index is 0.0146. The zero-order chi connectivity index (χ0) is 29.9. The highest BCUT2D eigenvalue weighted by Gasteiger charge is 2.44. The molecule has 6 rings (SSSR count). The molecule has 0 radical (unpaired) electrons. The van der Waals surface area contributed by atoms with Crippen molar-refractivity contribution in [3.05, 3.63) is 108 Å². The maximum Gasteiger partial charge on any atom is 0.209 e. The molecule has 4 aliphatic rings. The van der Waals surface area contributed by atoms with E-state index in [1.807, 2.05) is 0 Å². The number of allylic oxidation sites excluding steroid dienone is 8. The molecule has 2 heterocycles. The minimum Gasteiger partial charge on any atom is -0.344 e. The Hall–Kier alpha value is -3.13. The summed E-state index contributed by atoms with van der Waals surface area (Å²) in [6.45, 7) is 11.9. The van der Waals surface area contributed by atoms with Crippen LogP contribution in [0.4, 0.5) is 11.4 Å². The van der Waals surface area contributed by atoms with E-state index in [2.05, 4.69) is 128 Å². The van der Waals surface area contributed by atoms with Crippen molar-refractivity contribution in [3.63, 3.8) is 0 Å². The van der Waals surface area contributed by atoms with Crippen LogP contribution in [0.2, 0.25) is 0 Å². The Morgan fingerprint density at radius 3 is 2.02 bits per heavy atom. The first-order chi connectivity index (χ1) is 20.9. The second-order valence-electron chi connectivity index (χ2n) is 14.6. The molecule has 0 bridgehead atoms. The minimum absolute atomic E-state index is 0.0146. The van der Waals surface area contributed by atoms with Crippen LogP contribution in [0.5, 0.6) is 0 Å². The molecule has 2 fully saturated rings. The predicted octanol–water partition coefficient (Wildman–Crippen LogP) is 10.6. The zero-order valence-electron chi connectivity index (χ0n) is 27.2. The summed E-state index contributed by atoms with van der Waals surface area (Å²) in [5, 5.41) is 0. The molecule has 0 spiro atoms. The van der Waals surface area contributed by atoms with Crippen molar-refractivity contribution in [2.45, 2.75) is 103 Å². The Labute approximate surface area is 261 Å². The van der Waals surface area contributed by atoms with Gasteiger partial charge in [-0.05, 0) is 63.2 Å². The Morgan fingerprint density at radius 2 is 1.28 bits per heavy atom. The smallest absolute Gasteiger partial charge is 0.209 e. The third-order valence-electron chi connectivity index (χ3n) is 10.9. The standard InChI is InChI=1S/C41H53N2/c1-40(2)34-24-16-18-26-36(34)42(30-32-20-10-8-11-21-32)38(40)28-14-6-5-7-15-29-39-41(3,4)35-25-17-19-27-37(35)43(39)31-33-22-12-9-13-23-33/h5-7,14-19,24-29,32-33H,8-13,20-23,30-31H2,1-4H3/q+1. The maximum absolute atomic E-state index is 2.64. The molecular weight excluding hydrogens is 520 g/mol. The van der Waals surface area contributed by atoms with Crippen LogP contribution in [0.25, 0.3) is 0 Å². The molecule has 0 N–H and O–H groups in total. The Balaban J connectivity index is 1.19. The summed E-state index contributed by atoms with van der Waals surface area (Å²) in [5.74, 6) is 1.60. The van der Waals surface area contributed by atoms with Gasteiger partial charge in [-0.1, -0.05) is 119 Å². The highest BCUT2D eigenvalue weighted by Crippen LogP contribution is 2.48. The first-order valence-corrected chi connectivity index (χ1v) is 17.2. The van der Waals surface area contributed by atoms with Gasteiger partial charge in [0.25, 0.3) is 0 Å². The lowest BCUT2D eigenvalue weighted by molar-refractivity contribution is -0.447. The van der Waals surface area contributed by atoms with Gasteiger partial charge in [0.15, 0.2) is 12.3 Å². The SMILES string of the molecule is CC1(C)C(/C=C/C=C/C=C/C=C2/N(CC3CCCCC3)c3ccccc3C2(C)C)=[N+](CC2CCCCC2)c2ccccc21. The van der Waals surface area contributed by atoms with E-state index in [0.29, 0.717) is 0 Å². The maximum atomic E-state index is 2.64. The summed E-state index contributed by atoms with van der Waals surface area (Å²) in [7, 11) is 0. The van der Waals surface area contributed by atoms with Crippen LogP contribution < -0.4 is 4.90 Å². The number of hydrogen-bond acceptors (Lipinski definition) is 1. The second kappa shape index (κ2) is 12.8. The van der Waals surface area contributed by atoms with E-state index in [9.17, 15) is 0 Å². The largest absolute Gasteiger partial charge is 0.344 e. The van der Waals surface area contributed by atoms with Crippen LogP contribution >= 0.6 is 0 Å². The van der Waals surface area contributed by atoms with Gasteiger partial charge < -0.3 is 4.90 Å². The lowest BCUT2D eigenvalue weighted by atomic mass is 9.81. The summed E-state index contributed by atoms with van der Waals surface area (Å²) < 4.78 is 2.64. The molecule has 226 valence electrons. The summed E-state index contributed by atoms with van der Waals surface area (Å²) in [6.07, 6.45) is 29.7. The van der Waals surface area contributed by atoms with Crippen molar-refractivity contribution in [2.75, 3.05) is 18.0 Å². The van der Waals surface area contributed by atoms with E-state index in [0.717, 1.165) is 24.9 Å². The number of hydrogen-bond donors (Lipinski definition) is 0. The van der Waals surface area contributed by atoms with Gasteiger partial charge in [0, 0.05) is 47.0 Å². The number of anilines is 1. The molecule has 0 atom stereocenters. The average Bonchev–Trinajstić information content (AvgIpc) is 3.36. The second-order valence-corrected chi connectivity index (χ2v) is 14.6. The summed E-state index contributed by atoms with van der Waals surface area (Å²) in [4.78, 5) is 2.64. The predicted molar refractivity (Wildman–Crippen MR) is 185 cm³/mol. The summed E-state index contributed by atoms with van der Waals surface area (Å²) >= 11 is 0. The van der Waals surface area contributed by atoms with Crippen molar-refractivity contribution in [2.24, 2.45) is 11.8 Å². The molecule has 2 aliphatic carbocycles. The van der Waals surface area contributed by atoms with Gasteiger partial charge in [0.2, 0.25) is 5.69 Å². The molecule has 0 unspecified atom stereocenters. The molecule has 2 nitrogen and oxygen atoms in total. The van der Waals surface area contributed by atoms with Gasteiger partial charge in [-0.15, -0.1) is 0 Å². The first kappa shape index (κ1) is 29.9. The van der Waals surface area contributed by atoms with Crippen LogP contribution in [0.15, 0.2) is 96.8 Å². The van der Waals surface area contributed by atoms with Crippen LogP contribution in [0.3, 0.4) is 0 Å². The highest BCUT2D eigenvalue weighted by atomic mass is 15.2. The number of rotatable bonds is 8. The Bertz CT molecular complexity index is 1430. The molecule has 0 amide bonds. The molecule has 43 heavy (non-hydrogen) atoms. The van der Waals surface area contributed by atoms with Crippen molar-refractivity contribution in [1.29, 1.82) is 0 Å². The normalized spacial score (nSPS) is 23.3. The van der Waals surface area contributed by atoms with Crippen LogP contribution in [0.1, 0.15) is 103 Å². The van der Waals surface area contributed by atoms with Crippen molar-refractivity contribution in [1.82, 2.24) is 0 Å². The molecule has 2 aromatic carbocycles. The average molecular weight is 574 g/mol. The highest BCUT2D eigenvalue weighted by molar-refractivity contribution is 6.03. The van der Waals surface area contributed by atoms with Crippen LogP contribution in [-0.2, 0) is 10.8 Å². The van der Waals surface area contributed by atoms with E-state index < -0.39 is 0 Å². The molecule has 2 heteroatoms. The fourth-order valence-corrected chi connectivity index (χ4v) is 8.42. The number of fused-ring (bicyclic) bond motifs is 2. The van der Waals surface area contributed by atoms with Crippen LogP contribution in [-0.4, -0.2) is 23.4 Å². The fraction of sp³-hybridized carbons (Fsp3) is 0.488. The van der Waals surface area contributed by atoms with Gasteiger partial charge >= 0.3 is 0 Å². The van der Waals surface area contributed by atoms with E-state index in [1.54, 1.807) is 0 Å². The monoisotopic (exact) mass is 573 g/mol. The molecule has 0 saturated heterocycles.